The van der Waals surface area contributed by atoms with Crippen LogP contribution in [0, 0.1) is 5.82 Å². The van der Waals surface area contributed by atoms with Crippen molar-refractivity contribution in [2.45, 2.75) is 0 Å². The van der Waals surface area contributed by atoms with Crippen LogP contribution in [0.25, 0.3) is 0 Å². The first-order chi connectivity index (χ1) is 15.3. The number of aliphatic carboxylic acids is 2. The molecule has 10 heteroatoms. The Balaban J connectivity index is 0.000000427. The van der Waals surface area contributed by atoms with Gasteiger partial charge in [0, 0.05) is 31.7 Å². The van der Waals surface area contributed by atoms with Crippen molar-refractivity contribution in [2.75, 3.05) is 50.8 Å². The van der Waals surface area contributed by atoms with E-state index < -0.39 is 11.9 Å². The molecule has 2 aromatic carbocycles. The number of nitrogens with zero attached hydrogens (tertiary/aromatic N) is 2. The van der Waals surface area contributed by atoms with Crippen molar-refractivity contribution in [2.24, 2.45) is 0 Å². The van der Waals surface area contributed by atoms with Crippen LogP contribution in [0.15, 0.2) is 42.5 Å². The molecule has 32 heavy (non-hydrogen) atoms. The van der Waals surface area contributed by atoms with E-state index >= 15 is 0 Å². The molecule has 2 aliphatic heterocycles. The van der Waals surface area contributed by atoms with E-state index in [0.717, 1.165) is 13.1 Å². The Morgan fingerprint density at radius 3 is 2.12 bits per heavy atom. The minimum atomic E-state index is -1.82. The van der Waals surface area contributed by atoms with Gasteiger partial charge in [0.05, 0.1) is 12.2 Å². The number of anilines is 1. The number of ether oxygens (including phenoxy) is 2. The monoisotopic (exact) mass is 446 g/mol. The fourth-order valence-corrected chi connectivity index (χ4v) is 3.37. The second kappa shape index (κ2) is 10.6. The largest absolute Gasteiger partial charge is 0.486 e. The van der Waals surface area contributed by atoms with Crippen LogP contribution in [0.2, 0.25) is 0 Å². The quantitative estimate of drug-likeness (QED) is 0.535. The van der Waals surface area contributed by atoms with Crippen molar-refractivity contribution in [3.63, 3.8) is 0 Å². The summed E-state index contributed by atoms with van der Waals surface area (Å²) in [7, 11) is 0. The molecule has 0 amide bonds. The molecule has 1 saturated heterocycles. The third kappa shape index (κ3) is 5.94. The SMILES string of the molecule is O=C(CN1CCN(c2ccccc2F)CC1)c1ccc2c(c1)OCCO2.O=C(O)C(=O)O. The van der Waals surface area contributed by atoms with Crippen LogP contribution in [0.3, 0.4) is 0 Å². The second-order valence-corrected chi connectivity index (χ2v) is 7.11. The third-order valence-corrected chi connectivity index (χ3v) is 4.98. The summed E-state index contributed by atoms with van der Waals surface area (Å²) in [5.41, 5.74) is 1.26. The van der Waals surface area contributed by atoms with Crippen LogP contribution in [0.4, 0.5) is 10.1 Å². The first-order valence-electron chi connectivity index (χ1n) is 9.96. The lowest BCUT2D eigenvalue weighted by Crippen LogP contribution is -2.48. The predicted molar refractivity (Wildman–Crippen MR) is 112 cm³/mol. The fraction of sp³-hybridized carbons (Fsp3) is 0.318. The topological polar surface area (TPSA) is 117 Å². The number of benzene rings is 2. The van der Waals surface area contributed by atoms with Gasteiger partial charge in [-0.1, -0.05) is 12.1 Å². The molecule has 4 rings (SSSR count). The molecule has 0 spiro atoms. The number of carboxylic acids is 2. The summed E-state index contributed by atoms with van der Waals surface area (Å²) in [4.78, 5) is 34.9. The molecule has 0 bridgehead atoms. The van der Waals surface area contributed by atoms with E-state index in [1.54, 1.807) is 30.3 Å². The van der Waals surface area contributed by atoms with Crippen molar-refractivity contribution < 1.29 is 38.5 Å². The first kappa shape index (κ1) is 23.0. The number of carboxylic acid groups (broad SMARTS) is 2. The molecule has 0 unspecified atom stereocenters. The average molecular weight is 446 g/mol. The smallest absolute Gasteiger partial charge is 0.414 e. The fourth-order valence-electron chi connectivity index (χ4n) is 3.37. The minimum absolute atomic E-state index is 0.0568. The molecule has 0 atom stereocenters. The van der Waals surface area contributed by atoms with Crippen molar-refractivity contribution in [1.82, 2.24) is 4.90 Å². The van der Waals surface area contributed by atoms with E-state index in [-0.39, 0.29) is 11.6 Å². The number of hydrogen-bond acceptors (Lipinski definition) is 7. The number of fused-ring (bicyclic) bond motifs is 1. The van der Waals surface area contributed by atoms with Crippen LogP contribution >= 0.6 is 0 Å². The van der Waals surface area contributed by atoms with Gasteiger partial charge in [0.1, 0.15) is 19.0 Å². The van der Waals surface area contributed by atoms with E-state index in [1.165, 1.54) is 6.07 Å². The summed E-state index contributed by atoms with van der Waals surface area (Å²) in [5, 5.41) is 14.8. The predicted octanol–water partition coefficient (Wildman–Crippen LogP) is 1.76. The number of carbonyl (C=O) groups excluding carboxylic acids is 1. The molecule has 9 nitrogen and oxygen atoms in total. The van der Waals surface area contributed by atoms with Crippen LogP contribution in [-0.4, -0.2) is 78.8 Å². The van der Waals surface area contributed by atoms with Gasteiger partial charge < -0.3 is 24.6 Å². The number of piperazine rings is 1. The average Bonchev–Trinajstić information content (AvgIpc) is 2.80. The zero-order valence-electron chi connectivity index (χ0n) is 17.2. The van der Waals surface area contributed by atoms with Gasteiger partial charge in [-0.3, -0.25) is 9.69 Å². The standard InChI is InChI=1S/C20H21FN2O3.C2H2O4/c21-16-3-1-2-4-17(16)23-9-7-22(8-10-23)14-18(24)15-5-6-19-20(13-15)26-12-11-25-19;3-1(4)2(5)6/h1-6,13H,7-12,14H2;(H,3,4)(H,5,6). The molecule has 170 valence electrons. The van der Waals surface area contributed by atoms with Gasteiger partial charge in [0.25, 0.3) is 0 Å². The number of ketones is 1. The molecule has 2 heterocycles. The number of hydrogen-bond donors (Lipinski definition) is 2. The summed E-state index contributed by atoms with van der Waals surface area (Å²) in [6.45, 7) is 4.25. The van der Waals surface area contributed by atoms with Gasteiger partial charge in [0.2, 0.25) is 0 Å². The molecular weight excluding hydrogens is 423 g/mol. The summed E-state index contributed by atoms with van der Waals surface area (Å²) in [6.07, 6.45) is 0. The van der Waals surface area contributed by atoms with Gasteiger partial charge in [-0.15, -0.1) is 0 Å². The van der Waals surface area contributed by atoms with Crippen molar-refractivity contribution in [1.29, 1.82) is 0 Å². The van der Waals surface area contributed by atoms with Crippen LogP contribution in [0.1, 0.15) is 10.4 Å². The van der Waals surface area contributed by atoms with E-state index in [2.05, 4.69) is 4.90 Å². The highest BCUT2D eigenvalue weighted by Gasteiger charge is 2.22. The Morgan fingerprint density at radius 1 is 0.875 bits per heavy atom. The van der Waals surface area contributed by atoms with Gasteiger partial charge in [0.15, 0.2) is 17.3 Å². The van der Waals surface area contributed by atoms with E-state index in [4.69, 9.17) is 29.3 Å². The highest BCUT2D eigenvalue weighted by molar-refractivity contribution is 6.27. The maximum Gasteiger partial charge on any atom is 0.414 e. The summed E-state index contributed by atoms with van der Waals surface area (Å²) in [6, 6.07) is 12.1. The maximum absolute atomic E-state index is 13.9. The number of carbonyl (C=O) groups is 3. The zero-order valence-corrected chi connectivity index (χ0v) is 17.2. The summed E-state index contributed by atoms with van der Waals surface area (Å²) >= 11 is 0. The number of rotatable bonds is 4. The Labute approximate surface area is 183 Å². The Bertz CT molecular complexity index is 978. The molecule has 2 N–H and O–H groups in total. The third-order valence-electron chi connectivity index (χ3n) is 4.98. The normalized spacial score (nSPS) is 15.3. The van der Waals surface area contributed by atoms with Crippen LogP contribution in [-0.2, 0) is 9.59 Å². The van der Waals surface area contributed by atoms with Gasteiger partial charge in [-0.2, -0.15) is 0 Å². The lowest BCUT2D eigenvalue weighted by molar-refractivity contribution is -0.159. The van der Waals surface area contributed by atoms with Crippen LogP contribution < -0.4 is 14.4 Å². The molecule has 0 saturated carbocycles. The number of halogens is 1. The molecule has 0 radical (unpaired) electrons. The highest BCUT2D eigenvalue weighted by Crippen LogP contribution is 2.31. The Morgan fingerprint density at radius 2 is 1.50 bits per heavy atom. The van der Waals surface area contributed by atoms with Gasteiger partial charge in [-0.05, 0) is 30.3 Å². The van der Waals surface area contributed by atoms with Gasteiger partial charge >= 0.3 is 11.9 Å². The number of para-hydroxylation sites is 1. The second-order valence-electron chi connectivity index (χ2n) is 7.11. The Hall–Kier alpha value is -3.66. The molecule has 0 aliphatic carbocycles. The zero-order chi connectivity index (χ0) is 23.1. The summed E-state index contributed by atoms with van der Waals surface area (Å²) in [5.74, 6) is -2.47. The van der Waals surface area contributed by atoms with Gasteiger partial charge in [-0.25, -0.2) is 14.0 Å². The summed E-state index contributed by atoms with van der Waals surface area (Å²) < 4.78 is 24.9. The minimum Gasteiger partial charge on any atom is -0.486 e. The lowest BCUT2D eigenvalue weighted by Gasteiger charge is -2.35. The highest BCUT2D eigenvalue weighted by atomic mass is 19.1. The Kier molecular flexibility index (Phi) is 7.61. The first-order valence-corrected chi connectivity index (χ1v) is 9.96. The van der Waals surface area contributed by atoms with Crippen molar-refractivity contribution in [3.8, 4) is 11.5 Å². The maximum atomic E-state index is 13.9. The molecular formula is C22H23FN2O7. The molecule has 0 aromatic heterocycles. The van der Waals surface area contributed by atoms with E-state index in [9.17, 15) is 9.18 Å². The van der Waals surface area contributed by atoms with E-state index in [0.29, 0.717) is 55.6 Å². The lowest BCUT2D eigenvalue weighted by atomic mass is 10.1. The molecule has 2 aliphatic rings. The van der Waals surface area contributed by atoms with Crippen LogP contribution in [0.5, 0.6) is 11.5 Å². The van der Waals surface area contributed by atoms with Crippen molar-refractivity contribution >= 4 is 23.4 Å². The van der Waals surface area contributed by atoms with Crippen molar-refractivity contribution in [3.05, 3.63) is 53.8 Å². The van der Waals surface area contributed by atoms with E-state index in [1.807, 2.05) is 11.0 Å². The molecule has 1 fully saturated rings. The molecule has 2 aromatic rings. The number of Topliss-reactive ketones (excluding diaryl/α,β-unsaturated/α-hetero) is 1.